The summed E-state index contributed by atoms with van der Waals surface area (Å²) in [5.41, 5.74) is 3.87. The highest BCUT2D eigenvalue weighted by molar-refractivity contribution is 7.17. The molecule has 0 spiro atoms. The van der Waals surface area contributed by atoms with Crippen molar-refractivity contribution in [1.29, 1.82) is 0 Å². The SMILES string of the molecule is CCOC(=O)c1c(NC(=O)[C@H](CC)Oc2ccc(C)c(C)c2)sc2c1CCCC2. The summed E-state index contributed by atoms with van der Waals surface area (Å²) in [6, 6.07) is 5.81. The molecule has 1 aliphatic carbocycles. The summed E-state index contributed by atoms with van der Waals surface area (Å²) in [6.45, 7) is 8.07. The van der Waals surface area contributed by atoms with E-state index >= 15 is 0 Å². The minimum absolute atomic E-state index is 0.241. The molecule has 0 bridgehead atoms. The molecule has 0 saturated heterocycles. The number of anilines is 1. The van der Waals surface area contributed by atoms with Crippen LogP contribution in [0, 0.1) is 13.8 Å². The van der Waals surface area contributed by atoms with Crippen molar-refractivity contribution in [3.05, 3.63) is 45.3 Å². The van der Waals surface area contributed by atoms with Gasteiger partial charge in [0, 0.05) is 4.88 Å². The van der Waals surface area contributed by atoms with Crippen LogP contribution in [0.2, 0.25) is 0 Å². The molecule has 0 saturated carbocycles. The van der Waals surface area contributed by atoms with Gasteiger partial charge in [-0.05, 0) is 81.7 Å². The van der Waals surface area contributed by atoms with E-state index in [4.69, 9.17) is 9.47 Å². The second kappa shape index (κ2) is 9.44. The number of ether oxygens (including phenoxy) is 2. The molecule has 0 aliphatic heterocycles. The highest BCUT2D eigenvalue weighted by Crippen LogP contribution is 2.38. The number of amides is 1. The van der Waals surface area contributed by atoms with Crippen LogP contribution in [-0.2, 0) is 22.4 Å². The number of rotatable bonds is 7. The molecule has 156 valence electrons. The Kier molecular flexibility index (Phi) is 6.96. The van der Waals surface area contributed by atoms with Gasteiger partial charge in [-0.2, -0.15) is 0 Å². The van der Waals surface area contributed by atoms with Gasteiger partial charge in [-0.25, -0.2) is 4.79 Å². The molecule has 2 aromatic rings. The zero-order valence-corrected chi connectivity index (χ0v) is 18.4. The molecular weight excluding hydrogens is 386 g/mol. The van der Waals surface area contributed by atoms with Gasteiger partial charge < -0.3 is 14.8 Å². The van der Waals surface area contributed by atoms with Crippen molar-refractivity contribution in [3.8, 4) is 5.75 Å². The molecule has 1 N–H and O–H groups in total. The van der Waals surface area contributed by atoms with Crippen LogP contribution in [0.15, 0.2) is 18.2 Å². The monoisotopic (exact) mass is 415 g/mol. The predicted molar refractivity (Wildman–Crippen MR) is 116 cm³/mol. The molecule has 3 rings (SSSR count). The van der Waals surface area contributed by atoms with Gasteiger partial charge in [-0.1, -0.05) is 13.0 Å². The average molecular weight is 416 g/mol. The summed E-state index contributed by atoms with van der Waals surface area (Å²) >= 11 is 1.49. The number of hydrogen-bond donors (Lipinski definition) is 1. The summed E-state index contributed by atoms with van der Waals surface area (Å²) in [5.74, 6) is 0.0754. The van der Waals surface area contributed by atoms with Crippen molar-refractivity contribution in [2.24, 2.45) is 0 Å². The molecule has 1 aromatic heterocycles. The fraction of sp³-hybridized carbons (Fsp3) is 0.478. The fourth-order valence-electron chi connectivity index (χ4n) is 3.54. The number of benzene rings is 1. The van der Waals surface area contributed by atoms with Gasteiger partial charge in [0.1, 0.15) is 10.8 Å². The smallest absolute Gasteiger partial charge is 0.341 e. The van der Waals surface area contributed by atoms with E-state index < -0.39 is 6.10 Å². The first-order valence-corrected chi connectivity index (χ1v) is 11.1. The standard InChI is InChI=1S/C23H29NO4S/c1-5-18(28-16-12-11-14(3)15(4)13-16)21(25)24-22-20(23(26)27-6-2)17-9-7-8-10-19(17)29-22/h11-13,18H,5-10H2,1-4H3,(H,24,25)/t18-/m0/s1. The van der Waals surface area contributed by atoms with E-state index in [1.807, 2.05) is 39.0 Å². The van der Waals surface area contributed by atoms with Gasteiger partial charge in [0.25, 0.3) is 5.91 Å². The first-order valence-electron chi connectivity index (χ1n) is 10.3. The summed E-state index contributed by atoms with van der Waals surface area (Å²) in [4.78, 5) is 26.7. The second-order valence-corrected chi connectivity index (χ2v) is 8.49. The van der Waals surface area contributed by atoms with Crippen LogP contribution in [0.25, 0.3) is 0 Å². The van der Waals surface area contributed by atoms with E-state index in [0.717, 1.165) is 36.8 Å². The number of carbonyl (C=O) groups is 2. The lowest BCUT2D eigenvalue weighted by Crippen LogP contribution is -2.32. The molecule has 1 atom stereocenters. The average Bonchev–Trinajstić information content (AvgIpc) is 3.06. The summed E-state index contributed by atoms with van der Waals surface area (Å²) in [6.07, 6.45) is 3.85. The van der Waals surface area contributed by atoms with Crippen molar-refractivity contribution < 1.29 is 19.1 Å². The van der Waals surface area contributed by atoms with Crippen LogP contribution in [0.1, 0.15) is 65.0 Å². The van der Waals surface area contributed by atoms with Gasteiger partial charge in [-0.3, -0.25) is 4.79 Å². The number of hydrogen-bond acceptors (Lipinski definition) is 5. The maximum atomic E-state index is 13.0. The highest BCUT2D eigenvalue weighted by atomic mass is 32.1. The summed E-state index contributed by atoms with van der Waals surface area (Å²) in [5, 5.41) is 3.54. The Bertz CT molecular complexity index is 903. The molecule has 29 heavy (non-hydrogen) atoms. The minimum atomic E-state index is -0.633. The van der Waals surface area contributed by atoms with Gasteiger partial charge in [0.2, 0.25) is 0 Å². The normalized spacial score (nSPS) is 14.1. The third-order valence-electron chi connectivity index (χ3n) is 5.31. The number of nitrogens with one attached hydrogen (secondary N) is 1. The maximum Gasteiger partial charge on any atom is 0.341 e. The zero-order chi connectivity index (χ0) is 21.0. The van der Waals surface area contributed by atoms with Gasteiger partial charge in [-0.15, -0.1) is 11.3 Å². The second-order valence-electron chi connectivity index (χ2n) is 7.39. The van der Waals surface area contributed by atoms with Crippen molar-refractivity contribution in [3.63, 3.8) is 0 Å². The third-order valence-corrected chi connectivity index (χ3v) is 6.51. The molecule has 1 aliphatic rings. The van der Waals surface area contributed by atoms with Crippen molar-refractivity contribution in [1.82, 2.24) is 0 Å². The number of esters is 1. The third kappa shape index (κ3) is 4.81. The molecule has 0 unspecified atom stereocenters. The van der Waals surface area contributed by atoms with Crippen LogP contribution in [0.3, 0.4) is 0 Å². The Balaban J connectivity index is 1.81. The molecule has 1 aromatic carbocycles. The van der Waals surface area contributed by atoms with E-state index in [-0.39, 0.29) is 11.9 Å². The Morgan fingerprint density at radius 3 is 2.59 bits per heavy atom. The van der Waals surface area contributed by atoms with Gasteiger partial charge in [0.05, 0.1) is 12.2 Å². The lowest BCUT2D eigenvalue weighted by molar-refractivity contribution is -0.122. The maximum absolute atomic E-state index is 13.0. The number of aryl methyl sites for hydroxylation is 3. The Labute approximate surface area is 176 Å². The highest BCUT2D eigenvalue weighted by Gasteiger charge is 2.29. The largest absolute Gasteiger partial charge is 0.481 e. The van der Waals surface area contributed by atoms with Crippen molar-refractivity contribution >= 4 is 28.2 Å². The molecular formula is C23H29NO4S. The number of thiophene rings is 1. The molecule has 1 amide bonds. The zero-order valence-electron chi connectivity index (χ0n) is 17.6. The van der Waals surface area contributed by atoms with Crippen LogP contribution < -0.4 is 10.1 Å². The quantitative estimate of drug-likeness (QED) is 0.630. The van der Waals surface area contributed by atoms with E-state index in [0.29, 0.717) is 29.3 Å². The summed E-state index contributed by atoms with van der Waals surface area (Å²) in [7, 11) is 0. The molecule has 0 fully saturated rings. The minimum Gasteiger partial charge on any atom is -0.481 e. The molecule has 1 heterocycles. The lowest BCUT2D eigenvalue weighted by Gasteiger charge is -2.18. The van der Waals surface area contributed by atoms with E-state index in [1.165, 1.54) is 21.8 Å². The topological polar surface area (TPSA) is 64.6 Å². The van der Waals surface area contributed by atoms with Crippen LogP contribution in [-0.4, -0.2) is 24.6 Å². The molecule has 6 heteroatoms. The van der Waals surface area contributed by atoms with E-state index in [9.17, 15) is 9.59 Å². The van der Waals surface area contributed by atoms with Crippen LogP contribution >= 0.6 is 11.3 Å². The van der Waals surface area contributed by atoms with Crippen LogP contribution in [0.4, 0.5) is 5.00 Å². The summed E-state index contributed by atoms with van der Waals surface area (Å²) < 4.78 is 11.2. The Hall–Kier alpha value is -2.34. The fourth-order valence-corrected chi connectivity index (χ4v) is 4.82. The Morgan fingerprint density at radius 2 is 1.90 bits per heavy atom. The van der Waals surface area contributed by atoms with Gasteiger partial charge in [0.15, 0.2) is 6.10 Å². The predicted octanol–water partition coefficient (Wildman–Crippen LogP) is 5.22. The van der Waals surface area contributed by atoms with E-state index in [1.54, 1.807) is 6.92 Å². The van der Waals surface area contributed by atoms with Gasteiger partial charge >= 0.3 is 5.97 Å². The van der Waals surface area contributed by atoms with Crippen molar-refractivity contribution in [2.45, 2.75) is 65.9 Å². The van der Waals surface area contributed by atoms with E-state index in [2.05, 4.69) is 5.32 Å². The lowest BCUT2D eigenvalue weighted by atomic mass is 9.95. The molecule has 5 nitrogen and oxygen atoms in total. The number of fused-ring (bicyclic) bond motifs is 1. The Morgan fingerprint density at radius 1 is 1.14 bits per heavy atom. The molecule has 0 radical (unpaired) electrons. The van der Waals surface area contributed by atoms with Crippen molar-refractivity contribution in [2.75, 3.05) is 11.9 Å². The first-order chi connectivity index (χ1) is 13.9. The first kappa shape index (κ1) is 21.4. The number of carbonyl (C=O) groups excluding carboxylic acids is 2. The van der Waals surface area contributed by atoms with Crippen LogP contribution in [0.5, 0.6) is 5.75 Å².